The van der Waals surface area contributed by atoms with Crippen molar-refractivity contribution >= 4 is 12.4 Å². The molecule has 4 nitrogen and oxygen atoms in total. The second-order valence-corrected chi connectivity index (χ2v) is 7.68. The van der Waals surface area contributed by atoms with Crippen molar-refractivity contribution in [2.24, 2.45) is 0 Å². The molecule has 170 valence electrons. The first-order chi connectivity index (χ1) is 16.8. The van der Waals surface area contributed by atoms with Gasteiger partial charge in [-0.05, 0) is 71.3 Å². The van der Waals surface area contributed by atoms with Gasteiger partial charge in [-0.2, -0.15) is 0 Å². The second kappa shape index (κ2) is 12.1. The molecule has 0 bridgehead atoms. The first-order valence-corrected chi connectivity index (χ1v) is 11.1. The zero-order valence-electron chi connectivity index (χ0n) is 18.8. The van der Waals surface area contributed by atoms with E-state index in [2.05, 4.69) is 12.1 Å². The molecule has 0 saturated heterocycles. The molecule has 0 aliphatic carbocycles. The maximum absolute atomic E-state index is 10.7. The minimum absolute atomic E-state index is 0.447. The maximum Gasteiger partial charge on any atom is 0.150 e. The normalized spacial score (nSPS) is 10.7. The lowest BCUT2D eigenvalue weighted by Crippen LogP contribution is -1.98. The van der Waals surface area contributed by atoms with Gasteiger partial charge in [0.1, 0.15) is 43.4 Å². The number of hydrogen-bond donors (Lipinski definition) is 0. The van der Waals surface area contributed by atoms with Crippen LogP contribution in [0.15, 0.2) is 109 Å². The minimum Gasteiger partial charge on any atom is -0.490 e. The maximum atomic E-state index is 10.7. The third-order valence-electron chi connectivity index (χ3n) is 5.13. The summed E-state index contributed by atoms with van der Waals surface area (Å²) < 4.78 is 17.4. The molecule has 4 heteroatoms. The molecule has 0 aliphatic heterocycles. The monoisotopic (exact) mass is 450 g/mol. The van der Waals surface area contributed by atoms with Crippen LogP contribution in [0.3, 0.4) is 0 Å². The summed E-state index contributed by atoms with van der Waals surface area (Å²) in [6, 6.07) is 33.0. The highest BCUT2D eigenvalue weighted by atomic mass is 16.5. The predicted octanol–water partition coefficient (Wildman–Crippen LogP) is 6.75. The van der Waals surface area contributed by atoms with E-state index in [-0.39, 0.29) is 0 Å². The summed E-state index contributed by atoms with van der Waals surface area (Å²) in [4.78, 5) is 10.7. The number of rotatable bonds is 11. The van der Waals surface area contributed by atoms with Gasteiger partial charge in [0.2, 0.25) is 0 Å². The Morgan fingerprint density at radius 2 is 1.03 bits per heavy atom. The fourth-order valence-corrected chi connectivity index (χ4v) is 3.23. The molecule has 0 radical (unpaired) electrons. The van der Waals surface area contributed by atoms with Crippen LogP contribution in [-0.4, -0.2) is 12.9 Å². The van der Waals surface area contributed by atoms with Gasteiger partial charge in [0.25, 0.3) is 0 Å². The Balaban J connectivity index is 1.19. The highest BCUT2D eigenvalue weighted by molar-refractivity contribution is 5.74. The molecule has 0 saturated carbocycles. The number of carbonyl (C=O) groups excluding carboxylic acids is 1. The van der Waals surface area contributed by atoms with Crippen LogP contribution in [0, 0.1) is 0 Å². The average Bonchev–Trinajstić information content (AvgIpc) is 2.91. The largest absolute Gasteiger partial charge is 0.490 e. The molecule has 0 atom stereocenters. The Kier molecular flexibility index (Phi) is 8.12. The molecule has 34 heavy (non-hydrogen) atoms. The average molecular weight is 451 g/mol. The summed E-state index contributed by atoms with van der Waals surface area (Å²) in [6.07, 6.45) is 4.87. The van der Waals surface area contributed by atoms with Crippen LogP contribution in [0.1, 0.15) is 27.0 Å². The van der Waals surface area contributed by atoms with Crippen LogP contribution in [-0.2, 0) is 13.2 Å². The van der Waals surface area contributed by atoms with Crippen molar-refractivity contribution in [3.63, 3.8) is 0 Å². The van der Waals surface area contributed by atoms with Crippen molar-refractivity contribution < 1.29 is 19.0 Å². The zero-order chi connectivity index (χ0) is 23.4. The third kappa shape index (κ3) is 7.10. The molecular weight excluding hydrogens is 424 g/mol. The fourth-order valence-electron chi connectivity index (χ4n) is 3.23. The summed E-state index contributed by atoms with van der Waals surface area (Å²) in [6.45, 7) is 1.45. The fraction of sp³-hybridized carbons (Fsp3) is 0.100. The van der Waals surface area contributed by atoms with Crippen LogP contribution < -0.4 is 14.2 Å². The van der Waals surface area contributed by atoms with E-state index < -0.39 is 0 Å². The minimum atomic E-state index is 0.447. The van der Waals surface area contributed by atoms with Crippen molar-refractivity contribution in [1.29, 1.82) is 0 Å². The quantitative estimate of drug-likeness (QED) is 0.237. The molecule has 0 spiro atoms. The topological polar surface area (TPSA) is 44.8 Å². The van der Waals surface area contributed by atoms with E-state index >= 15 is 0 Å². The Bertz CT molecular complexity index is 1180. The van der Waals surface area contributed by atoms with Gasteiger partial charge in [-0.1, -0.05) is 60.7 Å². The Labute approximate surface area is 200 Å². The second-order valence-electron chi connectivity index (χ2n) is 7.68. The van der Waals surface area contributed by atoms with Gasteiger partial charge in [-0.3, -0.25) is 4.79 Å². The molecule has 0 N–H and O–H groups in total. The summed E-state index contributed by atoms with van der Waals surface area (Å²) in [5, 5.41) is 0. The molecule has 0 aromatic heterocycles. The summed E-state index contributed by atoms with van der Waals surface area (Å²) in [5.41, 5.74) is 3.89. The molecule has 0 unspecified atom stereocenters. The first kappa shape index (κ1) is 22.9. The lowest BCUT2D eigenvalue weighted by molar-refractivity contribution is 0.112. The SMILES string of the molecule is O=Cc1ccc(OCc2ccc(OCc3ccc(OCC=Cc4ccccc4)cc3)cc2)cc1. The Morgan fingerprint density at radius 1 is 0.529 bits per heavy atom. The first-order valence-electron chi connectivity index (χ1n) is 11.1. The van der Waals surface area contributed by atoms with Gasteiger partial charge in [0, 0.05) is 5.56 Å². The van der Waals surface area contributed by atoms with E-state index in [1.165, 1.54) is 0 Å². The van der Waals surface area contributed by atoms with Gasteiger partial charge in [0.15, 0.2) is 0 Å². The van der Waals surface area contributed by atoms with Crippen molar-refractivity contribution in [1.82, 2.24) is 0 Å². The summed E-state index contributed by atoms with van der Waals surface area (Å²) >= 11 is 0. The molecule has 0 aliphatic rings. The van der Waals surface area contributed by atoms with Gasteiger partial charge in [0.05, 0.1) is 0 Å². The van der Waals surface area contributed by atoms with E-state index in [0.717, 1.165) is 40.2 Å². The molecule has 0 fully saturated rings. The molecule has 4 aromatic carbocycles. The van der Waals surface area contributed by atoms with E-state index in [9.17, 15) is 4.79 Å². The van der Waals surface area contributed by atoms with E-state index in [4.69, 9.17) is 14.2 Å². The van der Waals surface area contributed by atoms with Gasteiger partial charge < -0.3 is 14.2 Å². The highest BCUT2D eigenvalue weighted by Gasteiger charge is 2.01. The van der Waals surface area contributed by atoms with Crippen LogP contribution in [0.25, 0.3) is 6.08 Å². The van der Waals surface area contributed by atoms with Crippen LogP contribution in [0.5, 0.6) is 17.2 Å². The summed E-state index contributed by atoms with van der Waals surface area (Å²) in [7, 11) is 0. The number of carbonyl (C=O) groups is 1. The number of hydrogen-bond acceptors (Lipinski definition) is 4. The number of benzene rings is 4. The van der Waals surface area contributed by atoms with E-state index in [0.29, 0.717) is 25.4 Å². The zero-order valence-corrected chi connectivity index (χ0v) is 18.8. The molecular formula is C30H26O4. The lowest BCUT2D eigenvalue weighted by Gasteiger charge is -2.09. The molecule has 0 heterocycles. The molecule has 4 rings (SSSR count). The van der Waals surface area contributed by atoms with Crippen LogP contribution in [0.2, 0.25) is 0 Å². The predicted molar refractivity (Wildman–Crippen MR) is 134 cm³/mol. The van der Waals surface area contributed by atoms with Crippen molar-refractivity contribution in [3.8, 4) is 17.2 Å². The summed E-state index contributed by atoms with van der Waals surface area (Å²) in [5.74, 6) is 2.35. The van der Waals surface area contributed by atoms with E-state index in [1.807, 2.05) is 78.9 Å². The third-order valence-corrected chi connectivity index (χ3v) is 5.13. The standard InChI is InChI=1S/C30H26O4/c31-21-25-8-14-29(15-9-25)33-23-27-12-18-30(19-13-27)34-22-26-10-16-28(17-11-26)32-20-4-7-24-5-2-1-3-6-24/h1-19,21H,20,22-23H2. The van der Waals surface area contributed by atoms with Gasteiger partial charge in [-0.25, -0.2) is 0 Å². The Hall–Kier alpha value is -4.31. The van der Waals surface area contributed by atoms with Crippen LogP contribution in [0.4, 0.5) is 0 Å². The van der Waals surface area contributed by atoms with Crippen molar-refractivity contribution in [2.45, 2.75) is 13.2 Å². The van der Waals surface area contributed by atoms with Crippen LogP contribution >= 0.6 is 0 Å². The number of ether oxygens (including phenoxy) is 3. The van der Waals surface area contributed by atoms with Crippen molar-refractivity contribution in [2.75, 3.05) is 6.61 Å². The van der Waals surface area contributed by atoms with Gasteiger partial charge in [-0.15, -0.1) is 0 Å². The van der Waals surface area contributed by atoms with Gasteiger partial charge >= 0.3 is 0 Å². The highest BCUT2D eigenvalue weighted by Crippen LogP contribution is 2.18. The molecule has 4 aromatic rings. The van der Waals surface area contributed by atoms with Crippen molar-refractivity contribution in [3.05, 3.63) is 131 Å². The smallest absolute Gasteiger partial charge is 0.150 e. The molecule has 0 amide bonds. The van der Waals surface area contributed by atoms with E-state index in [1.54, 1.807) is 24.3 Å². The lowest BCUT2D eigenvalue weighted by atomic mass is 10.2. The Morgan fingerprint density at radius 3 is 1.56 bits per heavy atom. The number of aldehydes is 1.